The van der Waals surface area contributed by atoms with Crippen LogP contribution in [0.3, 0.4) is 0 Å². The van der Waals surface area contributed by atoms with Crippen LogP contribution < -0.4 is 10.6 Å². The molecule has 1 fully saturated rings. The summed E-state index contributed by atoms with van der Waals surface area (Å²) >= 11 is 0. The maximum atomic E-state index is 14.5. The predicted molar refractivity (Wildman–Crippen MR) is 85.2 cm³/mol. The molecule has 0 amide bonds. The number of hydrogen-bond donors (Lipinski definition) is 1. The van der Waals surface area contributed by atoms with Crippen molar-refractivity contribution >= 4 is 11.6 Å². The third kappa shape index (κ3) is 2.86. The zero-order valence-electron chi connectivity index (χ0n) is 13.6. The molecule has 0 aromatic carbocycles. The smallest absolute Gasteiger partial charge is 0.254 e. The number of nitrogen functional groups attached to an aromatic ring is 1. The van der Waals surface area contributed by atoms with Crippen LogP contribution in [0.2, 0.25) is 0 Å². The van der Waals surface area contributed by atoms with Gasteiger partial charge in [-0.3, -0.25) is 0 Å². The molecule has 7 nitrogen and oxygen atoms in total. The van der Waals surface area contributed by atoms with Gasteiger partial charge in [0.25, 0.3) is 5.95 Å². The van der Waals surface area contributed by atoms with E-state index < -0.39 is 5.82 Å². The second-order valence-electron chi connectivity index (χ2n) is 5.83. The molecule has 1 saturated heterocycles. The molecule has 1 aliphatic rings. The molecule has 3 heterocycles. The van der Waals surface area contributed by atoms with E-state index in [9.17, 15) is 4.39 Å². The highest BCUT2D eigenvalue weighted by molar-refractivity contribution is 5.52. The van der Waals surface area contributed by atoms with Gasteiger partial charge in [0, 0.05) is 19.3 Å². The van der Waals surface area contributed by atoms with E-state index in [-0.39, 0.29) is 23.6 Å². The first-order chi connectivity index (χ1) is 11.0. The molecule has 0 aliphatic carbocycles. The zero-order chi connectivity index (χ0) is 16.6. The lowest BCUT2D eigenvalue weighted by Crippen LogP contribution is -2.34. The van der Waals surface area contributed by atoms with E-state index in [0.29, 0.717) is 6.61 Å². The molecule has 0 saturated carbocycles. The summed E-state index contributed by atoms with van der Waals surface area (Å²) in [5.41, 5.74) is 7.49. The van der Waals surface area contributed by atoms with Crippen molar-refractivity contribution in [2.75, 3.05) is 30.9 Å². The fourth-order valence-electron chi connectivity index (χ4n) is 3.04. The number of nitrogens with two attached hydrogens (primary N) is 1. The summed E-state index contributed by atoms with van der Waals surface area (Å²) in [5.74, 6) is -0.244. The van der Waals surface area contributed by atoms with E-state index in [1.54, 1.807) is 11.8 Å². The summed E-state index contributed by atoms with van der Waals surface area (Å²) in [4.78, 5) is 10.4. The Hall–Kier alpha value is -2.22. The van der Waals surface area contributed by atoms with Crippen LogP contribution in [0, 0.1) is 19.7 Å². The van der Waals surface area contributed by atoms with Crippen LogP contribution in [-0.4, -0.2) is 46.1 Å². The highest BCUT2D eigenvalue weighted by Crippen LogP contribution is 2.29. The van der Waals surface area contributed by atoms with Gasteiger partial charge in [0.1, 0.15) is 0 Å². The Balaban J connectivity index is 2.05. The molecule has 2 aromatic heterocycles. The number of anilines is 2. The van der Waals surface area contributed by atoms with Crippen molar-refractivity contribution in [3.63, 3.8) is 0 Å². The van der Waals surface area contributed by atoms with Gasteiger partial charge < -0.3 is 15.4 Å². The van der Waals surface area contributed by atoms with Crippen LogP contribution in [0.15, 0.2) is 6.07 Å². The van der Waals surface area contributed by atoms with Gasteiger partial charge >= 0.3 is 0 Å². The third-order valence-corrected chi connectivity index (χ3v) is 4.05. The normalized spacial score (nSPS) is 17.9. The number of ether oxygens (including phenoxy) is 1. The molecule has 1 atom stereocenters. The van der Waals surface area contributed by atoms with Gasteiger partial charge in [-0.1, -0.05) is 0 Å². The zero-order valence-corrected chi connectivity index (χ0v) is 13.6. The van der Waals surface area contributed by atoms with Crippen molar-refractivity contribution in [1.82, 2.24) is 19.7 Å². The van der Waals surface area contributed by atoms with Gasteiger partial charge in [-0.25, -0.2) is 4.68 Å². The van der Waals surface area contributed by atoms with Crippen LogP contribution >= 0.6 is 0 Å². The lowest BCUT2D eigenvalue weighted by atomic mass is 10.2. The van der Waals surface area contributed by atoms with E-state index in [4.69, 9.17) is 10.5 Å². The van der Waals surface area contributed by atoms with Crippen LogP contribution in [0.25, 0.3) is 5.95 Å². The summed E-state index contributed by atoms with van der Waals surface area (Å²) in [6.45, 7) is 5.02. The lowest BCUT2D eigenvalue weighted by molar-refractivity contribution is 0.180. The van der Waals surface area contributed by atoms with Crippen molar-refractivity contribution in [3.05, 3.63) is 23.3 Å². The minimum absolute atomic E-state index is 0.0945. The first-order valence-electron chi connectivity index (χ1n) is 7.63. The Morgan fingerprint density at radius 2 is 2.17 bits per heavy atom. The lowest BCUT2D eigenvalue weighted by Gasteiger charge is -2.26. The van der Waals surface area contributed by atoms with Crippen molar-refractivity contribution in [2.45, 2.75) is 32.7 Å². The summed E-state index contributed by atoms with van der Waals surface area (Å²) in [5, 5.41) is 4.34. The molecule has 2 N–H and O–H groups in total. The van der Waals surface area contributed by atoms with E-state index in [0.717, 1.165) is 30.8 Å². The van der Waals surface area contributed by atoms with Crippen LogP contribution in [0.4, 0.5) is 16.0 Å². The summed E-state index contributed by atoms with van der Waals surface area (Å²) in [7, 11) is 1.64. The highest BCUT2D eigenvalue weighted by atomic mass is 19.1. The van der Waals surface area contributed by atoms with Gasteiger partial charge in [0.05, 0.1) is 18.3 Å². The number of rotatable bonds is 4. The van der Waals surface area contributed by atoms with Gasteiger partial charge in [0.2, 0.25) is 5.82 Å². The standard InChI is InChI=1S/C15H21FN6O/c1-9-7-10(2)22(20-9)15-18-13(17)12(16)14(19-15)21-6-4-5-11(21)8-23-3/h7,11H,4-6,8H2,1-3H3,(H2,17,18,19). The molecule has 0 spiro atoms. The van der Waals surface area contributed by atoms with Crippen molar-refractivity contribution in [3.8, 4) is 5.95 Å². The number of hydrogen-bond acceptors (Lipinski definition) is 6. The second kappa shape index (κ2) is 6.11. The predicted octanol–water partition coefficient (Wildman–Crippen LogP) is 1.62. The van der Waals surface area contributed by atoms with Gasteiger partial charge in [-0.05, 0) is 32.8 Å². The minimum atomic E-state index is -0.585. The fraction of sp³-hybridized carbons (Fsp3) is 0.533. The Bertz CT molecular complexity index is 716. The number of halogens is 1. The van der Waals surface area contributed by atoms with E-state index in [2.05, 4.69) is 15.1 Å². The maximum absolute atomic E-state index is 14.5. The molecule has 0 radical (unpaired) electrons. The SMILES string of the molecule is COCC1CCCN1c1nc(-n2nc(C)cc2C)nc(N)c1F. The second-order valence-corrected chi connectivity index (χ2v) is 5.83. The van der Waals surface area contributed by atoms with E-state index in [1.807, 2.05) is 24.8 Å². The number of aromatic nitrogens is 4. The van der Waals surface area contributed by atoms with Crippen LogP contribution in [0.1, 0.15) is 24.2 Å². The summed E-state index contributed by atoms with van der Waals surface area (Å²) in [6, 6.07) is 2.00. The monoisotopic (exact) mass is 320 g/mol. The largest absolute Gasteiger partial charge is 0.383 e. The van der Waals surface area contributed by atoms with Gasteiger partial charge in [0.15, 0.2) is 11.6 Å². The van der Waals surface area contributed by atoms with Gasteiger partial charge in [-0.2, -0.15) is 19.5 Å². The Morgan fingerprint density at radius 1 is 1.39 bits per heavy atom. The molecule has 1 unspecified atom stereocenters. The van der Waals surface area contributed by atoms with Crippen molar-refractivity contribution < 1.29 is 9.13 Å². The molecular formula is C15H21FN6O. The molecular weight excluding hydrogens is 299 g/mol. The minimum Gasteiger partial charge on any atom is -0.383 e. The Kier molecular flexibility index (Phi) is 4.16. The molecule has 1 aliphatic heterocycles. The Morgan fingerprint density at radius 3 is 2.83 bits per heavy atom. The molecule has 8 heteroatoms. The fourth-order valence-corrected chi connectivity index (χ4v) is 3.04. The average molecular weight is 320 g/mol. The van der Waals surface area contributed by atoms with Crippen molar-refractivity contribution in [2.24, 2.45) is 0 Å². The number of aryl methyl sites for hydroxylation is 2. The molecule has 3 rings (SSSR count). The topological polar surface area (TPSA) is 82.1 Å². The Labute approximate surface area is 134 Å². The highest BCUT2D eigenvalue weighted by Gasteiger charge is 2.29. The maximum Gasteiger partial charge on any atom is 0.254 e. The van der Waals surface area contributed by atoms with Crippen LogP contribution in [0.5, 0.6) is 0 Å². The average Bonchev–Trinajstić information content (AvgIpc) is 3.09. The number of methoxy groups -OCH3 is 1. The summed E-state index contributed by atoms with van der Waals surface area (Å²) < 4.78 is 21.3. The van der Waals surface area contributed by atoms with E-state index >= 15 is 0 Å². The number of nitrogens with zero attached hydrogens (tertiary/aromatic N) is 5. The van der Waals surface area contributed by atoms with Crippen LogP contribution in [-0.2, 0) is 4.74 Å². The van der Waals surface area contributed by atoms with E-state index in [1.165, 1.54) is 0 Å². The quantitative estimate of drug-likeness (QED) is 0.922. The molecule has 2 aromatic rings. The molecule has 0 bridgehead atoms. The summed E-state index contributed by atoms with van der Waals surface area (Å²) in [6.07, 6.45) is 1.90. The first kappa shape index (κ1) is 15.7. The first-order valence-corrected chi connectivity index (χ1v) is 7.63. The van der Waals surface area contributed by atoms with Gasteiger partial charge in [-0.15, -0.1) is 0 Å². The third-order valence-electron chi connectivity index (χ3n) is 4.05. The molecule has 23 heavy (non-hydrogen) atoms. The molecule has 124 valence electrons. The van der Waals surface area contributed by atoms with Crippen molar-refractivity contribution in [1.29, 1.82) is 0 Å².